The molecule has 2 atom stereocenters. The second-order valence-electron chi connectivity index (χ2n) is 6.93. The van der Waals surface area contributed by atoms with Crippen molar-refractivity contribution in [3.8, 4) is 5.75 Å². The Morgan fingerprint density at radius 2 is 2.09 bits per heavy atom. The van der Waals surface area contributed by atoms with Crippen molar-refractivity contribution in [3.63, 3.8) is 0 Å². The van der Waals surface area contributed by atoms with Crippen LogP contribution in [0.25, 0.3) is 16.3 Å². The van der Waals surface area contributed by atoms with E-state index in [9.17, 15) is 9.90 Å². The number of allylic oxidation sites excluding steroid dienone is 2. The lowest BCUT2D eigenvalue weighted by Gasteiger charge is -2.39. The summed E-state index contributed by atoms with van der Waals surface area (Å²) >= 11 is 0. The molecule has 112 valence electrons. The summed E-state index contributed by atoms with van der Waals surface area (Å²) in [6.45, 7) is 3.98. The van der Waals surface area contributed by atoms with Gasteiger partial charge in [0.15, 0.2) is 0 Å². The van der Waals surface area contributed by atoms with Crippen molar-refractivity contribution in [2.45, 2.75) is 33.1 Å². The van der Waals surface area contributed by atoms with E-state index >= 15 is 0 Å². The van der Waals surface area contributed by atoms with E-state index in [0.717, 1.165) is 24.6 Å². The highest BCUT2D eigenvalue weighted by molar-refractivity contribution is 5.95. The molecule has 0 saturated heterocycles. The summed E-state index contributed by atoms with van der Waals surface area (Å²) in [6.07, 6.45) is 5.16. The fourth-order valence-electron chi connectivity index (χ4n) is 4.55. The maximum absolute atomic E-state index is 12.0. The predicted octanol–water partition coefficient (Wildman–Crippen LogP) is 4.49. The third kappa shape index (κ3) is 1.70. The number of phenols is 1. The van der Waals surface area contributed by atoms with Gasteiger partial charge in [0.1, 0.15) is 11.5 Å². The van der Waals surface area contributed by atoms with E-state index in [0.29, 0.717) is 11.5 Å². The van der Waals surface area contributed by atoms with Crippen LogP contribution >= 0.6 is 0 Å². The highest BCUT2D eigenvalue weighted by Crippen LogP contribution is 2.56. The molecule has 0 fully saturated rings. The summed E-state index contributed by atoms with van der Waals surface area (Å²) in [7, 11) is 0. The van der Waals surface area contributed by atoms with Gasteiger partial charge in [-0.2, -0.15) is 0 Å². The quantitative estimate of drug-likeness (QED) is 0.840. The molecule has 0 amide bonds. The van der Waals surface area contributed by atoms with E-state index in [4.69, 9.17) is 0 Å². The van der Waals surface area contributed by atoms with E-state index in [1.807, 2.05) is 12.1 Å². The number of aryl methyl sites for hydroxylation is 1. The van der Waals surface area contributed by atoms with Gasteiger partial charge in [0.25, 0.3) is 0 Å². The van der Waals surface area contributed by atoms with Gasteiger partial charge in [0, 0.05) is 11.3 Å². The molecule has 2 heteroatoms. The van der Waals surface area contributed by atoms with E-state index < -0.39 is 0 Å². The number of fused-ring (bicyclic) bond motifs is 5. The Morgan fingerprint density at radius 3 is 2.86 bits per heavy atom. The third-order valence-corrected chi connectivity index (χ3v) is 5.73. The topological polar surface area (TPSA) is 37.3 Å². The standard InChI is InChI=1S/C20H20O2/c1-12(21)18-7-8-19-17-5-3-13-11-14(22)4-6-15(13)16(17)9-10-20(18,19)2/h3-6,8,11,18,22H,7,9-10H2,1-2H3/t18-,20-/m1/s1. The molecule has 22 heavy (non-hydrogen) atoms. The summed E-state index contributed by atoms with van der Waals surface area (Å²) in [5, 5.41) is 12.0. The van der Waals surface area contributed by atoms with Crippen LogP contribution in [0.15, 0.2) is 36.4 Å². The van der Waals surface area contributed by atoms with E-state index in [2.05, 4.69) is 25.1 Å². The first kappa shape index (κ1) is 13.6. The highest BCUT2D eigenvalue weighted by atomic mass is 16.3. The van der Waals surface area contributed by atoms with Gasteiger partial charge >= 0.3 is 0 Å². The van der Waals surface area contributed by atoms with Crippen LogP contribution in [0.1, 0.15) is 37.8 Å². The Bertz CT molecular complexity index is 831. The van der Waals surface area contributed by atoms with Crippen LogP contribution in [0.2, 0.25) is 0 Å². The molecule has 0 bridgehead atoms. The molecule has 2 aromatic rings. The number of Topliss-reactive ketones (excluding diaryl/α,β-unsaturated/α-hetero) is 1. The first-order chi connectivity index (χ1) is 10.5. The fraction of sp³-hybridized carbons (Fsp3) is 0.350. The van der Waals surface area contributed by atoms with Gasteiger partial charge in [0.05, 0.1) is 0 Å². The molecule has 4 rings (SSSR count). The summed E-state index contributed by atoms with van der Waals surface area (Å²) in [6, 6.07) is 9.86. The number of benzene rings is 2. The minimum atomic E-state index is -0.0105. The molecule has 0 aliphatic heterocycles. The average Bonchev–Trinajstić information content (AvgIpc) is 2.84. The molecule has 0 unspecified atom stereocenters. The normalized spacial score (nSPS) is 26.5. The molecule has 1 N–H and O–H groups in total. The number of hydrogen-bond acceptors (Lipinski definition) is 2. The number of aromatic hydroxyl groups is 1. The van der Waals surface area contributed by atoms with Crippen molar-refractivity contribution in [2.24, 2.45) is 11.3 Å². The predicted molar refractivity (Wildman–Crippen MR) is 88.8 cm³/mol. The molecule has 0 saturated carbocycles. The molecular weight excluding hydrogens is 272 g/mol. The molecule has 2 nitrogen and oxygen atoms in total. The van der Waals surface area contributed by atoms with Crippen LogP contribution in [0.3, 0.4) is 0 Å². The number of carbonyl (C=O) groups is 1. The summed E-state index contributed by atoms with van der Waals surface area (Å²) in [4.78, 5) is 12.0. The van der Waals surface area contributed by atoms with Crippen molar-refractivity contribution < 1.29 is 9.90 Å². The number of ketones is 1. The Hall–Kier alpha value is -2.09. The number of phenolic OH excluding ortho intramolecular Hbond substituents is 1. The first-order valence-corrected chi connectivity index (χ1v) is 7.97. The van der Waals surface area contributed by atoms with Gasteiger partial charge in [-0.1, -0.05) is 31.2 Å². The minimum Gasteiger partial charge on any atom is -0.508 e. The second kappa shape index (κ2) is 4.45. The summed E-state index contributed by atoms with van der Waals surface area (Å²) in [5.74, 6) is 0.749. The zero-order valence-electron chi connectivity index (χ0n) is 13.0. The lowest BCUT2D eigenvalue weighted by Crippen LogP contribution is -2.32. The van der Waals surface area contributed by atoms with E-state index in [-0.39, 0.29) is 11.3 Å². The maximum atomic E-state index is 12.0. The van der Waals surface area contributed by atoms with Crippen molar-refractivity contribution >= 4 is 22.1 Å². The smallest absolute Gasteiger partial charge is 0.134 e. The lowest BCUT2D eigenvalue weighted by atomic mass is 9.64. The largest absolute Gasteiger partial charge is 0.508 e. The second-order valence-corrected chi connectivity index (χ2v) is 6.93. The monoisotopic (exact) mass is 292 g/mol. The maximum Gasteiger partial charge on any atom is 0.134 e. The Morgan fingerprint density at radius 1 is 1.27 bits per heavy atom. The van der Waals surface area contributed by atoms with Gasteiger partial charge in [-0.05, 0) is 65.8 Å². The van der Waals surface area contributed by atoms with Crippen LogP contribution in [0.5, 0.6) is 5.75 Å². The molecule has 0 aromatic heterocycles. The van der Waals surface area contributed by atoms with Crippen molar-refractivity contribution in [3.05, 3.63) is 47.5 Å². The van der Waals surface area contributed by atoms with Gasteiger partial charge < -0.3 is 5.11 Å². The highest BCUT2D eigenvalue weighted by Gasteiger charge is 2.46. The molecule has 2 aliphatic carbocycles. The number of carbonyl (C=O) groups excluding carboxylic acids is 1. The van der Waals surface area contributed by atoms with Crippen molar-refractivity contribution in [2.75, 3.05) is 0 Å². The van der Waals surface area contributed by atoms with Crippen LogP contribution in [0, 0.1) is 11.3 Å². The van der Waals surface area contributed by atoms with Crippen molar-refractivity contribution in [1.29, 1.82) is 0 Å². The number of rotatable bonds is 1. The fourth-order valence-corrected chi connectivity index (χ4v) is 4.55. The molecular formula is C20H20O2. The van der Waals surface area contributed by atoms with Crippen molar-refractivity contribution in [1.82, 2.24) is 0 Å². The first-order valence-electron chi connectivity index (χ1n) is 7.97. The molecule has 0 radical (unpaired) electrons. The van der Waals surface area contributed by atoms with Crippen LogP contribution in [-0.2, 0) is 11.2 Å². The third-order valence-electron chi connectivity index (χ3n) is 5.73. The van der Waals surface area contributed by atoms with Crippen LogP contribution < -0.4 is 0 Å². The molecule has 0 heterocycles. The number of hydrogen-bond donors (Lipinski definition) is 1. The van der Waals surface area contributed by atoms with Gasteiger partial charge in [0.2, 0.25) is 0 Å². The van der Waals surface area contributed by atoms with Gasteiger partial charge in [-0.15, -0.1) is 0 Å². The van der Waals surface area contributed by atoms with Gasteiger partial charge in [-0.25, -0.2) is 0 Å². The Balaban J connectivity index is 1.91. The zero-order chi connectivity index (χ0) is 15.5. The SMILES string of the molecule is CC(=O)[C@H]1CC=C2c3ccc4cc(O)ccc4c3CC[C@@]21C. The van der Waals surface area contributed by atoms with E-state index in [1.165, 1.54) is 22.1 Å². The van der Waals surface area contributed by atoms with Crippen LogP contribution in [-0.4, -0.2) is 10.9 Å². The molecule has 2 aliphatic rings. The lowest BCUT2D eigenvalue weighted by molar-refractivity contribution is -0.123. The Labute approximate surface area is 130 Å². The van der Waals surface area contributed by atoms with Gasteiger partial charge in [-0.3, -0.25) is 4.79 Å². The summed E-state index contributed by atoms with van der Waals surface area (Å²) < 4.78 is 0. The molecule has 2 aromatic carbocycles. The summed E-state index contributed by atoms with van der Waals surface area (Å²) in [5.41, 5.74) is 4.01. The average molecular weight is 292 g/mol. The van der Waals surface area contributed by atoms with E-state index in [1.54, 1.807) is 13.0 Å². The molecule has 0 spiro atoms. The zero-order valence-corrected chi connectivity index (χ0v) is 13.0. The minimum absolute atomic E-state index is 0.0105. The Kier molecular flexibility index (Phi) is 2.75. The van der Waals surface area contributed by atoms with Crippen LogP contribution in [0.4, 0.5) is 0 Å².